The third-order valence-electron chi connectivity index (χ3n) is 1.09. The van der Waals surface area contributed by atoms with Gasteiger partial charge in [-0.3, -0.25) is 5.73 Å². The highest BCUT2D eigenvalue weighted by Crippen LogP contribution is 2.19. The Morgan fingerprint density at radius 3 is 2.20 bits per heavy atom. The maximum absolute atomic E-state index is 12.2. The second kappa shape index (κ2) is 2.13. The quantitative estimate of drug-likeness (QED) is 0.549. The van der Waals surface area contributed by atoms with Crippen LogP contribution in [0.4, 0.5) is 20.2 Å². The molecular formula is C6H5F2N2. The molecule has 2 nitrogen and oxygen atoms in total. The number of anilines is 1. The first kappa shape index (κ1) is 6.80. The van der Waals surface area contributed by atoms with Gasteiger partial charge in [-0.25, -0.2) is 8.78 Å². The van der Waals surface area contributed by atoms with E-state index in [9.17, 15) is 8.78 Å². The molecule has 10 heavy (non-hydrogen) atoms. The number of rotatable bonds is 0. The average Bonchev–Trinajstić information content (AvgIpc) is 1.84. The largest absolute Gasteiger partial charge is 0.397 e. The molecule has 1 aromatic carbocycles. The van der Waals surface area contributed by atoms with Gasteiger partial charge in [0.15, 0.2) is 11.6 Å². The van der Waals surface area contributed by atoms with Gasteiger partial charge in [-0.1, -0.05) is 0 Å². The topological polar surface area (TPSA) is 49.8 Å². The van der Waals surface area contributed by atoms with Gasteiger partial charge in [-0.05, 0) is 0 Å². The molecule has 0 spiro atoms. The van der Waals surface area contributed by atoms with Gasteiger partial charge in [-0.2, -0.15) is 0 Å². The first-order valence-electron chi connectivity index (χ1n) is 2.57. The molecule has 0 amide bonds. The third kappa shape index (κ3) is 1.00. The lowest BCUT2D eigenvalue weighted by molar-refractivity contribution is 0.509. The number of halogens is 2. The molecule has 53 valence electrons. The zero-order valence-corrected chi connectivity index (χ0v) is 4.99. The van der Waals surface area contributed by atoms with Gasteiger partial charge in [0, 0.05) is 12.1 Å². The summed E-state index contributed by atoms with van der Waals surface area (Å²) >= 11 is 0. The Labute approximate surface area is 56.4 Å². The smallest absolute Gasteiger partial charge is 0.161 e. The molecule has 0 saturated heterocycles. The molecule has 0 fully saturated rings. The summed E-state index contributed by atoms with van der Waals surface area (Å²) in [4.78, 5) is 0. The highest BCUT2D eigenvalue weighted by Gasteiger charge is 2.03. The number of benzene rings is 1. The summed E-state index contributed by atoms with van der Waals surface area (Å²) in [6.07, 6.45) is 0. The van der Waals surface area contributed by atoms with Gasteiger partial charge >= 0.3 is 0 Å². The minimum atomic E-state index is -1.04. The summed E-state index contributed by atoms with van der Waals surface area (Å²) in [6.45, 7) is 0. The van der Waals surface area contributed by atoms with Crippen LogP contribution in [-0.2, 0) is 0 Å². The Bertz CT molecular complexity index is 210. The average molecular weight is 143 g/mol. The monoisotopic (exact) mass is 143 g/mol. The van der Waals surface area contributed by atoms with Gasteiger partial charge < -0.3 is 5.73 Å². The Balaban J connectivity index is 3.28. The van der Waals surface area contributed by atoms with Crippen molar-refractivity contribution in [2.45, 2.75) is 0 Å². The molecule has 0 aliphatic rings. The number of hydrogen-bond acceptors (Lipinski definition) is 1. The summed E-state index contributed by atoms with van der Waals surface area (Å²) < 4.78 is 24.4. The molecule has 0 heterocycles. The van der Waals surface area contributed by atoms with E-state index in [0.29, 0.717) is 0 Å². The van der Waals surface area contributed by atoms with Crippen molar-refractivity contribution >= 4 is 11.4 Å². The van der Waals surface area contributed by atoms with Crippen LogP contribution in [0.5, 0.6) is 0 Å². The van der Waals surface area contributed by atoms with Crippen molar-refractivity contribution in [1.29, 1.82) is 0 Å². The van der Waals surface area contributed by atoms with Crippen molar-refractivity contribution in [1.82, 2.24) is 5.73 Å². The minimum Gasteiger partial charge on any atom is -0.397 e. The van der Waals surface area contributed by atoms with E-state index in [4.69, 9.17) is 11.5 Å². The number of nitrogen functional groups attached to an aromatic ring is 1. The van der Waals surface area contributed by atoms with Gasteiger partial charge in [-0.15, -0.1) is 0 Å². The van der Waals surface area contributed by atoms with Crippen LogP contribution in [0.3, 0.4) is 0 Å². The summed E-state index contributed by atoms with van der Waals surface area (Å²) in [5, 5.41) is 0. The summed E-state index contributed by atoms with van der Waals surface area (Å²) in [6, 6.07) is 1.53. The van der Waals surface area contributed by atoms with Gasteiger partial charge in [0.05, 0.1) is 11.4 Å². The van der Waals surface area contributed by atoms with Crippen LogP contribution >= 0.6 is 0 Å². The molecule has 0 saturated carbocycles. The van der Waals surface area contributed by atoms with Crippen molar-refractivity contribution in [3.63, 3.8) is 0 Å². The van der Waals surface area contributed by atoms with Crippen LogP contribution in [0.2, 0.25) is 0 Å². The van der Waals surface area contributed by atoms with Crippen molar-refractivity contribution in [3.05, 3.63) is 23.8 Å². The maximum atomic E-state index is 12.2. The van der Waals surface area contributed by atoms with Crippen molar-refractivity contribution in [2.75, 3.05) is 5.73 Å². The molecular weight excluding hydrogens is 138 g/mol. The van der Waals surface area contributed by atoms with Crippen LogP contribution in [0.1, 0.15) is 0 Å². The first-order chi connectivity index (χ1) is 4.61. The fourth-order valence-electron chi connectivity index (χ4n) is 0.562. The van der Waals surface area contributed by atoms with Crippen molar-refractivity contribution in [2.24, 2.45) is 0 Å². The van der Waals surface area contributed by atoms with Crippen LogP contribution < -0.4 is 11.5 Å². The number of nitrogens with two attached hydrogens (primary N) is 1. The van der Waals surface area contributed by atoms with E-state index < -0.39 is 11.6 Å². The molecule has 0 aromatic heterocycles. The van der Waals surface area contributed by atoms with Crippen LogP contribution in [0, 0.1) is 11.6 Å². The van der Waals surface area contributed by atoms with Crippen molar-refractivity contribution in [3.8, 4) is 0 Å². The SMILES string of the molecule is [NH]c1cc(F)c(F)cc1N. The normalized spacial score (nSPS) is 9.80. The Morgan fingerprint density at radius 2 is 1.70 bits per heavy atom. The summed E-state index contributed by atoms with van der Waals surface area (Å²) in [5.74, 6) is -2.06. The standard InChI is InChI=1S/C6H5F2N2/c7-3-1-5(9)6(10)2-4(3)8/h1-2,9H,10H2. The number of hydrogen-bond donors (Lipinski definition) is 1. The zero-order valence-electron chi connectivity index (χ0n) is 4.99. The van der Waals surface area contributed by atoms with E-state index >= 15 is 0 Å². The molecule has 4 heteroatoms. The second-order valence-corrected chi connectivity index (χ2v) is 1.85. The predicted molar refractivity (Wildman–Crippen MR) is 33.5 cm³/mol. The van der Waals surface area contributed by atoms with Gasteiger partial charge in [0.1, 0.15) is 0 Å². The lowest BCUT2D eigenvalue weighted by Crippen LogP contribution is -1.91. The summed E-state index contributed by atoms with van der Waals surface area (Å²) in [7, 11) is 0. The van der Waals surface area contributed by atoms with E-state index in [1.54, 1.807) is 0 Å². The summed E-state index contributed by atoms with van der Waals surface area (Å²) in [5.41, 5.74) is 11.8. The molecule has 0 atom stereocenters. The van der Waals surface area contributed by atoms with E-state index in [-0.39, 0.29) is 11.4 Å². The zero-order chi connectivity index (χ0) is 7.72. The highest BCUT2D eigenvalue weighted by molar-refractivity contribution is 5.60. The molecule has 0 aliphatic carbocycles. The van der Waals surface area contributed by atoms with E-state index in [0.717, 1.165) is 12.1 Å². The van der Waals surface area contributed by atoms with E-state index in [1.807, 2.05) is 0 Å². The lowest BCUT2D eigenvalue weighted by Gasteiger charge is -1.97. The fraction of sp³-hybridized carbons (Fsp3) is 0. The van der Waals surface area contributed by atoms with Crippen molar-refractivity contribution < 1.29 is 8.78 Å². The van der Waals surface area contributed by atoms with Crippen LogP contribution in [0.15, 0.2) is 12.1 Å². The van der Waals surface area contributed by atoms with Gasteiger partial charge in [0.2, 0.25) is 0 Å². The molecule has 1 radical (unpaired) electrons. The molecule has 0 unspecified atom stereocenters. The lowest BCUT2D eigenvalue weighted by atomic mass is 10.2. The molecule has 0 aliphatic heterocycles. The first-order valence-corrected chi connectivity index (χ1v) is 2.57. The molecule has 0 bridgehead atoms. The van der Waals surface area contributed by atoms with Crippen LogP contribution in [-0.4, -0.2) is 0 Å². The minimum absolute atomic E-state index is 0.0566. The predicted octanol–water partition coefficient (Wildman–Crippen LogP) is 1.46. The Kier molecular flexibility index (Phi) is 1.45. The van der Waals surface area contributed by atoms with Crippen LogP contribution in [0.25, 0.3) is 0 Å². The highest BCUT2D eigenvalue weighted by atomic mass is 19.2. The number of nitrogens with one attached hydrogen (secondary N) is 1. The van der Waals surface area contributed by atoms with Gasteiger partial charge in [0.25, 0.3) is 0 Å². The Hall–Kier alpha value is -1.32. The van der Waals surface area contributed by atoms with E-state index in [1.165, 1.54) is 0 Å². The molecule has 3 N–H and O–H groups in total. The maximum Gasteiger partial charge on any atom is 0.161 e. The fourth-order valence-corrected chi connectivity index (χ4v) is 0.562. The molecule has 1 aromatic rings. The Morgan fingerprint density at radius 1 is 1.20 bits per heavy atom. The van der Waals surface area contributed by atoms with E-state index in [2.05, 4.69) is 0 Å². The third-order valence-corrected chi connectivity index (χ3v) is 1.09. The molecule has 1 rings (SSSR count). The second-order valence-electron chi connectivity index (χ2n) is 1.85.